The van der Waals surface area contributed by atoms with Gasteiger partial charge in [-0.2, -0.15) is 5.10 Å². The van der Waals surface area contributed by atoms with Gasteiger partial charge in [0.15, 0.2) is 0 Å². The second-order valence-corrected chi connectivity index (χ2v) is 10.6. The minimum absolute atomic E-state index is 0.0553. The third kappa shape index (κ3) is 3.46. The highest BCUT2D eigenvalue weighted by atomic mass is 16.5. The van der Waals surface area contributed by atoms with Crippen LogP contribution in [0.3, 0.4) is 0 Å². The van der Waals surface area contributed by atoms with Crippen molar-refractivity contribution in [3.8, 4) is 0 Å². The molecule has 3 fully saturated rings. The second kappa shape index (κ2) is 7.69. The minimum atomic E-state index is -0.597. The summed E-state index contributed by atoms with van der Waals surface area (Å²) >= 11 is 0. The number of rotatable bonds is 3. The quantitative estimate of drug-likeness (QED) is 0.307. The van der Waals surface area contributed by atoms with E-state index in [9.17, 15) is 9.59 Å². The van der Waals surface area contributed by atoms with E-state index < -0.39 is 6.03 Å². The van der Waals surface area contributed by atoms with Crippen LogP contribution >= 0.6 is 0 Å². The molecule has 6 heteroatoms. The monoisotopic (exact) mass is 415 g/mol. The highest BCUT2D eigenvalue weighted by Crippen LogP contribution is 2.66. The number of allylic oxidation sites excluding steroid dienone is 1. The zero-order valence-electron chi connectivity index (χ0n) is 18.9. The van der Waals surface area contributed by atoms with Gasteiger partial charge in [-0.15, -0.1) is 0 Å². The first-order valence-corrected chi connectivity index (χ1v) is 11.6. The summed E-state index contributed by atoms with van der Waals surface area (Å²) in [6, 6.07) is -0.597. The van der Waals surface area contributed by atoms with E-state index in [-0.39, 0.29) is 22.9 Å². The van der Waals surface area contributed by atoms with Crippen molar-refractivity contribution in [3.05, 3.63) is 11.6 Å². The number of primary amides is 1. The van der Waals surface area contributed by atoms with Crippen LogP contribution in [-0.2, 0) is 9.53 Å². The fraction of sp³-hybridized carbons (Fsp3) is 0.792. The Kier molecular flexibility index (Phi) is 5.48. The summed E-state index contributed by atoms with van der Waals surface area (Å²) in [7, 11) is 0. The summed E-state index contributed by atoms with van der Waals surface area (Å²) < 4.78 is 5.56. The number of hydrogen-bond acceptors (Lipinski definition) is 4. The van der Waals surface area contributed by atoms with Crippen LogP contribution in [0.4, 0.5) is 4.79 Å². The lowest BCUT2D eigenvalue weighted by atomic mass is 9.47. The molecular formula is C24H37N3O3. The molecule has 2 amide bonds. The molecule has 0 aliphatic heterocycles. The van der Waals surface area contributed by atoms with Gasteiger partial charge < -0.3 is 10.5 Å². The first-order valence-electron chi connectivity index (χ1n) is 11.6. The molecule has 0 saturated heterocycles. The van der Waals surface area contributed by atoms with Gasteiger partial charge >= 0.3 is 12.0 Å². The van der Waals surface area contributed by atoms with Gasteiger partial charge in [0.05, 0.1) is 0 Å². The molecule has 0 spiro atoms. The van der Waals surface area contributed by atoms with E-state index in [2.05, 4.69) is 30.5 Å². The van der Waals surface area contributed by atoms with Crippen molar-refractivity contribution in [2.75, 3.05) is 0 Å². The summed E-state index contributed by atoms with van der Waals surface area (Å²) in [5.74, 6) is 2.37. The van der Waals surface area contributed by atoms with Crippen LogP contribution in [0, 0.1) is 34.5 Å². The molecule has 7 atom stereocenters. The molecule has 30 heavy (non-hydrogen) atoms. The highest BCUT2D eigenvalue weighted by Gasteiger charge is 2.59. The summed E-state index contributed by atoms with van der Waals surface area (Å²) in [6.45, 7) is 8.48. The molecule has 0 unspecified atom stereocenters. The van der Waals surface area contributed by atoms with Gasteiger partial charge in [-0.1, -0.05) is 25.5 Å². The number of hydrazone groups is 1. The summed E-state index contributed by atoms with van der Waals surface area (Å²) in [5.41, 5.74) is 10.7. The Hall–Kier alpha value is -1.85. The Morgan fingerprint density at radius 3 is 2.60 bits per heavy atom. The van der Waals surface area contributed by atoms with Crippen molar-refractivity contribution in [3.63, 3.8) is 0 Å². The normalized spacial score (nSPS) is 43.0. The molecule has 166 valence electrons. The van der Waals surface area contributed by atoms with Gasteiger partial charge in [0, 0.05) is 25.0 Å². The van der Waals surface area contributed by atoms with Gasteiger partial charge in [0.2, 0.25) is 0 Å². The molecule has 3 N–H and O–H groups in total. The molecule has 0 radical (unpaired) electrons. The molecule has 4 aliphatic carbocycles. The topological polar surface area (TPSA) is 93.8 Å². The van der Waals surface area contributed by atoms with Gasteiger partial charge in [0.25, 0.3) is 0 Å². The number of nitrogens with one attached hydrogen (secondary N) is 1. The number of urea groups is 1. The Labute approximate surface area is 180 Å². The number of nitrogens with two attached hydrogens (primary N) is 1. The van der Waals surface area contributed by atoms with E-state index in [1.807, 2.05) is 6.92 Å². The SMILES string of the molecule is CC(=O)O[C@H]1CC[C@@]2(C)C(=CC[C@H]3[C@@H]4CC[C@H](/C(C)=N/NC(N)=O)[C@@]4(C)CC[C@@H]32)C1. The first-order chi connectivity index (χ1) is 14.1. The molecule has 0 aromatic heterocycles. The molecule has 0 aromatic rings. The number of hydrogen-bond donors (Lipinski definition) is 2. The fourth-order valence-corrected chi connectivity index (χ4v) is 7.87. The first kappa shape index (κ1) is 21.4. The van der Waals surface area contributed by atoms with E-state index in [1.54, 1.807) is 0 Å². The van der Waals surface area contributed by atoms with Crippen LogP contribution < -0.4 is 11.2 Å². The van der Waals surface area contributed by atoms with E-state index >= 15 is 0 Å². The van der Waals surface area contributed by atoms with E-state index in [4.69, 9.17) is 10.5 Å². The minimum Gasteiger partial charge on any atom is -0.462 e. The number of carbonyl (C=O) groups is 2. The smallest absolute Gasteiger partial charge is 0.332 e. The number of amides is 2. The van der Waals surface area contributed by atoms with Gasteiger partial charge in [-0.25, -0.2) is 10.2 Å². The number of ether oxygens (including phenoxy) is 1. The Balaban J connectivity index is 1.54. The van der Waals surface area contributed by atoms with Crippen molar-refractivity contribution >= 4 is 17.7 Å². The Morgan fingerprint density at radius 2 is 1.90 bits per heavy atom. The zero-order valence-corrected chi connectivity index (χ0v) is 18.9. The Bertz CT molecular complexity index is 791. The largest absolute Gasteiger partial charge is 0.462 e. The third-order valence-corrected chi connectivity index (χ3v) is 9.24. The molecule has 0 aromatic carbocycles. The van der Waals surface area contributed by atoms with Crippen molar-refractivity contribution in [1.82, 2.24) is 5.43 Å². The standard InChI is InChI=1S/C24H37N3O3/c1-14(26-27-22(25)29)19-7-8-20-18-6-5-16-13-17(30-15(2)28)9-11-23(16,3)21(18)10-12-24(19,20)4/h5,17-21H,6-13H2,1-4H3,(H3,25,27,29)/b26-14+/t17-,18-,19+,20-,21-,23-,24+/m0/s1. The zero-order chi connectivity index (χ0) is 21.7. The van der Waals surface area contributed by atoms with Crippen molar-refractivity contribution in [1.29, 1.82) is 0 Å². The van der Waals surface area contributed by atoms with Crippen LogP contribution in [0.1, 0.15) is 79.1 Å². The van der Waals surface area contributed by atoms with Crippen LogP contribution in [0.5, 0.6) is 0 Å². The van der Waals surface area contributed by atoms with Gasteiger partial charge in [0.1, 0.15) is 6.10 Å². The molecule has 0 bridgehead atoms. The average molecular weight is 416 g/mol. The molecule has 0 heterocycles. The number of carbonyl (C=O) groups excluding carboxylic acids is 2. The number of fused-ring (bicyclic) bond motifs is 5. The fourth-order valence-electron chi connectivity index (χ4n) is 7.87. The maximum absolute atomic E-state index is 11.4. The predicted octanol–water partition coefficient (Wildman–Crippen LogP) is 4.54. The maximum Gasteiger partial charge on any atom is 0.332 e. The van der Waals surface area contributed by atoms with Crippen molar-refractivity contribution < 1.29 is 14.3 Å². The third-order valence-electron chi connectivity index (χ3n) is 9.24. The summed E-state index contributed by atoms with van der Waals surface area (Å²) in [5, 5.41) is 4.30. The molecule has 6 nitrogen and oxygen atoms in total. The Morgan fingerprint density at radius 1 is 1.13 bits per heavy atom. The molecule has 4 rings (SSSR count). The number of esters is 1. The lowest BCUT2D eigenvalue weighted by Gasteiger charge is -2.58. The van der Waals surface area contributed by atoms with Crippen LogP contribution in [-0.4, -0.2) is 23.8 Å². The van der Waals surface area contributed by atoms with Crippen molar-refractivity contribution in [2.45, 2.75) is 85.2 Å². The van der Waals surface area contributed by atoms with Crippen LogP contribution in [0.15, 0.2) is 16.8 Å². The lowest BCUT2D eigenvalue weighted by molar-refractivity contribution is -0.148. The predicted molar refractivity (Wildman–Crippen MR) is 117 cm³/mol. The van der Waals surface area contributed by atoms with E-state index in [0.717, 1.165) is 37.8 Å². The summed E-state index contributed by atoms with van der Waals surface area (Å²) in [6.07, 6.45) is 11.5. The average Bonchev–Trinajstić information content (AvgIpc) is 3.03. The van der Waals surface area contributed by atoms with Gasteiger partial charge in [-0.05, 0) is 80.5 Å². The van der Waals surface area contributed by atoms with Crippen molar-refractivity contribution in [2.24, 2.45) is 45.3 Å². The van der Waals surface area contributed by atoms with Gasteiger partial charge in [-0.3, -0.25) is 4.79 Å². The lowest BCUT2D eigenvalue weighted by Crippen LogP contribution is -2.51. The maximum atomic E-state index is 11.4. The molecular weight excluding hydrogens is 378 g/mol. The summed E-state index contributed by atoms with van der Waals surface area (Å²) in [4.78, 5) is 22.5. The molecule has 4 aliphatic rings. The molecule has 3 saturated carbocycles. The highest BCUT2D eigenvalue weighted by molar-refractivity contribution is 5.86. The van der Waals surface area contributed by atoms with Crippen LogP contribution in [0.2, 0.25) is 0 Å². The second-order valence-electron chi connectivity index (χ2n) is 10.6. The van der Waals surface area contributed by atoms with E-state index in [1.165, 1.54) is 31.8 Å². The number of nitrogens with zero attached hydrogens (tertiary/aromatic N) is 1. The van der Waals surface area contributed by atoms with E-state index in [0.29, 0.717) is 23.7 Å². The van der Waals surface area contributed by atoms with Crippen LogP contribution in [0.25, 0.3) is 0 Å².